The van der Waals surface area contributed by atoms with E-state index < -0.39 is 4.92 Å². The first-order chi connectivity index (χ1) is 14.5. The second-order valence-corrected chi connectivity index (χ2v) is 7.62. The van der Waals surface area contributed by atoms with Gasteiger partial charge in [0.2, 0.25) is 0 Å². The third-order valence-corrected chi connectivity index (χ3v) is 5.68. The summed E-state index contributed by atoms with van der Waals surface area (Å²) in [6.07, 6.45) is 0. The van der Waals surface area contributed by atoms with Crippen LogP contribution in [0.25, 0.3) is 0 Å². The molecule has 0 unspecified atom stereocenters. The minimum atomic E-state index is -0.469. The number of carbonyl (C=O) groups excluding carboxylic acids is 1. The van der Waals surface area contributed by atoms with E-state index in [2.05, 4.69) is 31.9 Å². The monoisotopic (exact) mass is 411 g/mol. The van der Waals surface area contributed by atoms with Gasteiger partial charge in [-0.1, -0.05) is 0 Å². The molecule has 0 bridgehead atoms. The number of non-ortho nitro benzene ring substituents is 1. The summed E-state index contributed by atoms with van der Waals surface area (Å²) in [4.78, 5) is 31.4. The van der Waals surface area contributed by atoms with Crippen LogP contribution in [-0.2, 0) is 0 Å². The van der Waals surface area contributed by atoms with Crippen molar-refractivity contribution < 1.29 is 9.72 Å². The Labute approximate surface area is 174 Å². The maximum atomic E-state index is 12.7. The molecule has 2 saturated heterocycles. The molecule has 0 atom stereocenters. The molecule has 10 heteroatoms. The highest BCUT2D eigenvalue weighted by Crippen LogP contribution is 2.19. The second kappa shape index (κ2) is 8.62. The smallest absolute Gasteiger partial charge is 0.269 e. The summed E-state index contributed by atoms with van der Waals surface area (Å²) in [5.41, 5.74) is 0.445. The van der Waals surface area contributed by atoms with Gasteiger partial charge < -0.3 is 19.6 Å². The summed E-state index contributed by atoms with van der Waals surface area (Å²) >= 11 is 0. The van der Waals surface area contributed by atoms with Gasteiger partial charge in [0.05, 0.1) is 4.92 Å². The predicted octanol–water partition coefficient (Wildman–Crippen LogP) is 1.10. The van der Waals surface area contributed by atoms with Crippen LogP contribution in [0.15, 0.2) is 36.4 Å². The van der Waals surface area contributed by atoms with Crippen LogP contribution in [0, 0.1) is 10.1 Å². The Morgan fingerprint density at radius 2 is 1.33 bits per heavy atom. The highest BCUT2D eigenvalue weighted by molar-refractivity contribution is 5.94. The van der Waals surface area contributed by atoms with Crippen LogP contribution in [0.3, 0.4) is 0 Å². The molecule has 3 heterocycles. The maximum absolute atomic E-state index is 12.7. The van der Waals surface area contributed by atoms with Crippen molar-refractivity contribution in [3.63, 3.8) is 0 Å². The Kier molecular flexibility index (Phi) is 5.75. The van der Waals surface area contributed by atoms with E-state index in [0.29, 0.717) is 31.7 Å². The Morgan fingerprint density at radius 3 is 1.80 bits per heavy atom. The van der Waals surface area contributed by atoms with Gasteiger partial charge in [-0.05, 0) is 31.3 Å². The Bertz CT molecular complexity index is 888. The van der Waals surface area contributed by atoms with Crippen LogP contribution >= 0.6 is 0 Å². The number of nitro groups is 1. The molecule has 2 aliphatic heterocycles. The van der Waals surface area contributed by atoms with Gasteiger partial charge in [-0.2, -0.15) is 0 Å². The van der Waals surface area contributed by atoms with Crippen molar-refractivity contribution in [2.45, 2.75) is 0 Å². The van der Waals surface area contributed by atoms with Crippen molar-refractivity contribution in [1.82, 2.24) is 20.0 Å². The molecule has 1 aromatic carbocycles. The summed E-state index contributed by atoms with van der Waals surface area (Å²) in [6, 6.07) is 9.75. The lowest BCUT2D eigenvalue weighted by Crippen LogP contribution is -2.49. The summed E-state index contributed by atoms with van der Waals surface area (Å²) in [6.45, 7) is 6.42. The van der Waals surface area contributed by atoms with Gasteiger partial charge in [0.15, 0.2) is 11.6 Å². The minimum Gasteiger partial charge on any atom is -0.353 e. The number of amides is 1. The number of hydrogen-bond donors (Lipinski definition) is 0. The Balaban J connectivity index is 1.32. The Hall–Kier alpha value is -3.27. The molecule has 2 fully saturated rings. The molecule has 2 aromatic rings. The normalized spacial score (nSPS) is 17.8. The topological polar surface area (TPSA) is 99.0 Å². The third kappa shape index (κ3) is 4.33. The van der Waals surface area contributed by atoms with Crippen LogP contribution in [0.2, 0.25) is 0 Å². The number of nitro benzene ring substituents is 1. The number of anilines is 2. The van der Waals surface area contributed by atoms with Crippen molar-refractivity contribution in [2.24, 2.45) is 0 Å². The fraction of sp³-hybridized carbons (Fsp3) is 0.450. The maximum Gasteiger partial charge on any atom is 0.269 e. The lowest BCUT2D eigenvalue weighted by molar-refractivity contribution is -0.384. The van der Waals surface area contributed by atoms with Gasteiger partial charge in [0.1, 0.15) is 0 Å². The quantitative estimate of drug-likeness (QED) is 0.545. The molecule has 0 aliphatic carbocycles. The number of hydrogen-bond acceptors (Lipinski definition) is 8. The molecular formula is C20H25N7O3. The first kappa shape index (κ1) is 20.0. The van der Waals surface area contributed by atoms with E-state index in [0.717, 1.165) is 37.8 Å². The van der Waals surface area contributed by atoms with Crippen LogP contribution < -0.4 is 9.80 Å². The fourth-order valence-electron chi connectivity index (χ4n) is 3.74. The molecule has 30 heavy (non-hydrogen) atoms. The van der Waals surface area contributed by atoms with Crippen molar-refractivity contribution in [3.05, 3.63) is 52.1 Å². The number of nitrogens with zero attached hydrogens (tertiary/aromatic N) is 7. The first-order valence-corrected chi connectivity index (χ1v) is 10.1. The van der Waals surface area contributed by atoms with E-state index in [1.165, 1.54) is 24.3 Å². The van der Waals surface area contributed by atoms with Gasteiger partial charge in [0.25, 0.3) is 11.6 Å². The molecule has 4 rings (SSSR count). The predicted molar refractivity (Wildman–Crippen MR) is 113 cm³/mol. The summed E-state index contributed by atoms with van der Waals surface area (Å²) in [7, 11) is 2.12. The van der Waals surface area contributed by atoms with Crippen molar-refractivity contribution in [3.8, 4) is 0 Å². The van der Waals surface area contributed by atoms with E-state index in [-0.39, 0.29) is 11.6 Å². The fourth-order valence-corrected chi connectivity index (χ4v) is 3.74. The van der Waals surface area contributed by atoms with Gasteiger partial charge in [-0.25, -0.2) is 0 Å². The molecule has 10 nitrogen and oxygen atoms in total. The lowest BCUT2D eigenvalue weighted by Gasteiger charge is -2.36. The summed E-state index contributed by atoms with van der Waals surface area (Å²) in [5, 5.41) is 19.6. The zero-order chi connectivity index (χ0) is 21.1. The lowest BCUT2D eigenvalue weighted by atomic mass is 10.1. The van der Waals surface area contributed by atoms with Gasteiger partial charge in [0, 0.05) is 70.1 Å². The zero-order valence-electron chi connectivity index (χ0n) is 17.0. The SMILES string of the molecule is CN1CCN(c2ccc(N3CCN(C(=O)c4ccc([N+](=O)[O-])cc4)CC3)nn2)CC1. The average Bonchev–Trinajstić information content (AvgIpc) is 2.79. The number of rotatable bonds is 4. The van der Waals surface area contributed by atoms with Gasteiger partial charge in [-0.15, -0.1) is 10.2 Å². The number of benzene rings is 1. The van der Waals surface area contributed by atoms with E-state index in [1.807, 2.05) is 12.1 Å². The molecule has 0 saturated carbocycles. The molecule has 0 radical (unpaired) electrons. The molecular weight excluding hydrogens is 386 g/mol. The van der Waals surface area contributed by atoms with E-state index >= 15 is 0 Å². The standard InChI is InChI=1S/C20H25N7O3/c1-23-8-10-24(11-9-23)18-6-7-19(22-21-18)25-12-14-26(15-13-25)20(28)16-2-4-17(5-3-16)27(29)30/h2-7H,8-15H2,1H3. The van der Waals surface area contributed by atoms with E-state index in [9.17, 15) is 14.9 Å². The van der Waals surface area contributed by atoms with Crippen LogP contribution in [0.4, 0.5) is 17.3 Å². The number of carbonyl (C=O) groups is 1. The van der Waals surface area contributed by atoms with Crippen LogP contribution in [0.1, 0.15) is 10.4 Å². The third-order valence-electron chi connectivity index (χ3n) is 5.68. The highest BCUT2D eigenvalue weighted by Gasteiger charge is 2.24. The van der Waals surface area contributed by atoms with Crippen molar-refractivity contribution >= 4 is 23.2 Å². The molecule has 2 aliphatic rings. The molecule has 1 amide bonds. The van der Waals surface area contributed by atoms with Crippen molar-refractivity contribution in [1.29, 1.82) is 0 Å². The molecule has 1 aromatic heterocycles. The Morgan fingerprint density at radius 1 is 0.833 bits per heavy atom. The van der Waals surface area contributed by atoms with Gasteiger partial charge >= 0.3 is 0 Å². The largest absolute Gasteiger partial charge is 0.353 e. The number of piperazine rings is 2. The average molecular weight is 411 g/mol. The minimum absolute atomic E-state index is 0.0186. The molecule has 158 valence electrons. The van der Waals surface area contributed by atoms with E-state index in [1.54, 1.807) is 4.90 Å². The zero-order valence-corrected chi connectivity index (χ0v) is 17.0. The summed E-state index contributed by atoms with van der Waals surface area (Å²) < 4.78 is 0. The van der Waals surface area contributed by atoms with Crippen LogP contribution in [-0.4, -0.2) is 90.2 Å². The first-order valence-electron chi connectivity index (χ1n) is 10.1. The van der Waals surface area contributed by atoms with Crippen molar-refractivity contribution in [2.75, 3.05) is 69.2 Å². The molecule has 0 N–H and O–H groups in total. The van der Waals surface area contributed by atoms with Gasteiger partial charge in [-0.3, -0.25) is 14.9 Å². The second-order valence-electron chi connectivity index (χ2n) is 7.62. The highest BCUT2D eigenvalue weighted by atomic mass is 16.6. The number of likely N-dealkylation sites (N-methyl/N-ethyl adjacent to an activating group) is 1. The number of aromatic nitrogens is 2. The summed E-state index contributed by atoms with van der Waals surface area (Å²) in [5.74, 6) is 1.61. The van der Waals surface area contributed by atoms with Crippen LogP contribution in [0.5, 0.6) is 0 Å². The van der Waals surface area contributed by atoms with E-state index in [4.69, 9.17) is 0 Å². The molecule has 0 spiro atoms.